The van der Waals surface area contributed by atoms with Crippen molar-refractivity contribution in [1.82, 2.24) is 9.88 Å². The molecule has 18 heavy (non-hydrogen) atoms. The molecule has 1 aromatic rings. The molecular formula is C13H17BrN2O2. The Balaban J connectivity index is 2.09. The first-order chi connectivity index (χ1) is 8.58. The molecule has 1 aromatic heterocycles. The first kappa shape index (κ1) is 13.5. The molecule has 4 nitrogen and oxygen atoms in total. The summed E-state index contributed by atoms with van der Waals surface area (Å²) < 4.78 is 0.664. The summed E-state index contributed by atoms with van der Waals surface area (Å²) in [5.41, 5.74) is 0.454. The number of nitrogens with zero attached hydrogens (tertiary/aromatic N) is 2. The lowest BCUT2D eigenvalue weighted by Crippen LogP contribution is -2.43. The van der Waals surface area contributed by atoms with Gasteiger partial charge in [0.25, 0.3) is 5.91 Å². The van der Waals surface area contributed by atoms with Crippen molar-refractivity contribution in [3.8, 4) is 0 Å². The number of hydrogen-bond donors (Lipinski definition) is 1. The topological polar surface area (TPSA) is 53.4 Å². The Bertz CT molecular complexity index is 437. The van der Waals surface area contributed by atoms with Gasteiger partial charge in [0.2, 0.25) is 0 Å². The standard InChI is InChI=1S/C13H17BrN2O2/c1-9(17)10-4-3-7-16(8-10)13(18)11-5-2-6-12(14)15-11/h2,5-6,9-10,17H,3-4,7-8H2,1H3. The van der Waals surface area contributed by atoms with Gasteiger partial charge in [0.15, 0.2) is 0 Å². The second-order valence-corrected chi connectivity index (χ2v) is 5.55. The van der Waals surface area contributed by atoms with Crippen molar-refractivity contribution in [3.05, 3.63) is 28.5 Å². The van der Waals surface area contributed by atoms with Crippen LogP contribution in [-0.4, -0.2) is 40.1 Å². The van der Waals surface area contributed by atoms with E-state index >= 15 is 0 Å². The van der Waals surface area contributed by atoms with E-state index in [4.69, 9.17) is 0 Å². The Morgan fingerprint density at radius 3 is 3.06 bits per heavy atom. The Kier molecular flexibility index (Phi) is 4.35. The summed E-state index contributed by atoms with van der Waals surface area (Å²) >= 11 is 3.27. The van der Waals surface area contributed by atoms with Gasteiger partial charge in [-0.25, -0.2) is 4.98 Å². The normalized spacial score (nSPS) is 21.7. The summed E-state index contributed by atoms with van der Waals surface area (Å²) in [6.45, 7) is 3.15. The molecule has 2 rings (SSSR count). The molecule has 0 bridgehead atoms. The van der Waals surface area contributed by atoms with Crippen LogP contribution in [0.1, 0.15) is 30.3 Å². The second kappa shape index (κ2) is 5.80. The average molecular weight is 313 g/mol. The quantitative estimate of drug-likeness (QED) is 0.851. The highest BCUT2D eigenvalue weighted by Crippen LogP contribution is 2.21. The van der Waals surface area contributed by atoms with Gasteiger partial charge in [0, 0.05) is 19.0 Å². The predicted molar refractivity (Wildman–Crippen MR) is 72.2 cm³/mol. The zero-order valence-corrected chi connectivity index (χ0v) is 11.9. The minimum Gasteiger partial charge on any atom is -0.393 e. The van der Waals surface area contributed by atoms with Crippen molar-refractivity contribution >= 4 is 21.8 Å². The number of carbonyl (C=O) groups excluding carboxylic acids is 1. The Morgan fingerprint density at radius 1 is 1.61 bits per heavy atom. The summed E-state index contributed by atoms with van der Waals surface area (Å²) in [4.78, 5) is 18.2. The van der Waals surface area contributed by atoms with Gasteiger partial charge in [0.1, 0.15) is 10.3 Å². The van der Waals surface area contributed by atoms with Crippen molar-refractivity contribution in [1.29, 1.82) is 0 Å². The summed E-state index contributed by atoms with van der Waals surface area (Å²) in [5.74, 6) is 0.122. The molecule has 1 fully saturated rings. The van der Waals surface area contributed by atoms with Gasteiger partial charge in [-0.05, 0) is 47.8 Å². The van der Waals surface area contributed by atoms with E-state index in [9.17, 15) is 9.90 Å². The molecule has 1 saturated heterocycles. The summed E-state index contributed by atoms with van der Waals surface area (Å²) in [6, 6.07) is 5.32. The van der Waals surface area contributed by atoms with Crippen molar-refractivity contribution in [2.75, 3.05) is 13.1 Å². The first-order valence-electron chi connectivity index (χ1n) is 6.18. The Morgan fingerprint density at radius 2 is 2.39 bits per heavy atom. The zero-order chi connectivity index (χ0) is 13.1. The predicted octanol–water partition coefficient (Wildman–Crippen LogP) is 2.08. The summed E-state index contributed by atoms with van der Waals surface area (Å²) in [6.07, 6.45) is 1.55. The number of aliphatic hydroxyl groups excluding tert-OH is 1. The second-order valence-electron chi connectivity index (χ2n) is 4.74. The fourth-order valence-corrected chi connectivity index (χ4v) is 2.62. The molecule has 0 saturated carbocycles. The van der Waals surface area contributed by atoms with Crippen LogP contribution in [0, 0.1) is 5.92 Å². The largest absolute Gasteiger partial charge is 0.393 e. The highest BCUT2D eigenvalue weighted by molar-refractivity contribution is 9.10. The molecule has 0 radical (unpaired) electrons. The molecule has 1 amide bonds. The van der Waals surface area contributed by atoms with E-state index in [1.165, 1.54) is 0 Å². The van der Waals surface area contributed by atoms with Gasteiger partial charge in [0.05, 0.1) is 6.10 Å². The van der Waals surface area contributed by atoms with Crippen LogP contribution in [0.15, 0.2) is 22.8 Å². The van der Waals surface area contributed by atoms with Crippen LogP contribution in [0.4, 0.5) is 0 Å². The molecule has 2 atom stereocenters. The monoisotopic (exact) mass is 312 g/mol. The molecule has 98 valence electrons. The molecule has 1 aliphatic heterocycles. The van der Waals surface area contributed by atoms with E-state index in [1.54, 1.807) is 30.0 Å². The van der Waals surface area contributed by atoms with Gasteiger partial charge in [-0.3, -0.25) is 4.79 Å². The van der Waals surface area contributed by atoms with E-state index in [1.807, 2.05) is 0 Å². The fourth-order valence-electron chi connectivity index (χ4n) is 2.28. The lowest BCUT2D eigenvalue weighted by molar-refractivity contribution is 0.0461. The number of piperidine rings is 1. The van der Waals surface area contributed by atoms with Crippen LogP contribution < -0.4 is 0 Å². The molecule has 5 heteroatoms. The number of amides is 1. The number of hydrogen-bond acceptors (Lipinski definition) is 3. The summed E-state index contributed by atoms with van der Waals surface area (Å²) in [7, 11) is 0. The summed E-state index contributed by atoms with van der Waals surface area (Å²) in [5, 5.41) is 9.63. The van der Waals surface area contributed by atoms with Crippen LogP contribution in [0.5, 0.6) is 0 Å². The minimum absolute atomic E-state index is 0.0540. The SMILES string of the molecule is CC(O)C1CCCN(C(=O)c2cccc(Br)n2)C1. The maximum atomic E-state index is 12.3. The Hall–Kier alpha value is -0.940. The average Bonchev–Trinajstić information content (AvgIpc) is 2.38. The van der Waals surface area contributed by atoms with E-state index in [0.29, 0.717) is 16.8 Å². The van der Waals surface area contributed by atoms with Gasteiger partial charge >= 0.3 is 0 Å². The number of rotatable bonds is 2. The highest BCUT2D eigenvalue weighted by atomic mass is 79.9. The number of likely N-dealkylation sites (tertiary alicyclic amines) is 1. The van der Waals surface area contributed by atoms with Crippen LogP contribution in [0.3, 0.4) is 0 Å². The zero-order valence-electron chi connectivity index (χ0n) is 10.3. The van der Waals surface area contributed by atoms with Crippen molar-refractivity contribution in [2.45, 2.75) is 25.9 Å². The minimum atomic E-state index is -0.365. The van der Waals surface area contributed by atoms with Crippen LogP contribution in [0.25, 0.3) is 0 Å². The molecule has 0 aromatic carbocycles. The third-order valence-electron chi connectivity index (χ3n) is 3.36. The third-order valence-corrected chi connectivity index (χ3v) is 3.80. The van der Waals surface area contributed by atoms with Gasteiger partial charge in [-0.1, -0.05) is 6.07 Å². The van der Waals surface area contributed by atoms with Crippen molar-refractivity contribution in [3.63, 3.8) is 0 Å². The van der Waals surface area contributed by atoms with Crippen molar-refractivity contribution < 1.29 is 9.90 Å². The number of aliphatic hydroxyl groups is 1. The molecule has 2 heterocycles. The number of pyridine rings is 1. The lowest BCUT2D eigenvalue weighted by Gasteiger charge is -2.34. The molecule has 1 N–H and O–H groups in total. The molecule has 0 spiro atoms. The Labute approximate surface area is 115 Å². The number of aromatic nitrogens is 1. The number of carbonyl (C=O) groups is 1. The van der Waals surface area contributed by atoms with Crippen LogP contribution >= 0.6 is 15.9 Å². The van der Waals surface area contributed by atoms with Crippen LogP contribution in [0.2, 0.25) is 0 Å². The van der Waals surface area contributed by atoms with E-state index in [-0.39, 0.29) is 17.9 Å². The maximum Gasteiger partial charge on any atom is 0.272 e. The van der Waals surface area contributed by atoms with Crippen molar-refractivity contribution in [2.24, 2.45) is 5.92 Å². The first-order valence-corrected chi connectivity index (χ1v) is 6.97. The molecular weight excluding hydrogens is 296 g/mol. The lowest BCUT2D eigenvalue weighted by atomic mass is 9.93. The van der Waals surface area contributed by atoms with Gasteiger partial charge < -0.3 is 10.0 Å². The number of halogens is 1. The maximum absolute atomic E-state index is 12.3. The van der Waals surface area contributed by atoms with Gasteiger partial charge in [-0.15, -0.1) is 0 Å². The smallest absolute Gasteiger partial charge is 0.272 e. The van der Waals surface area contributed by atoms with E-state index in [2.05, 4.69) is 20.9 Å². The molecule has 0 aliphatic carbocycles. The fraction of sp³-hybridized carbons (Fsp3) is 0.538. The van der Waals surface area contributed by atoms with Crippen LogP contribution in [-0.2, 0) is 0 Å². The molecule has 1 aliphatic rings. The molecule has 2 unspecified atom stereocenters. The third kappa shape index (κ3) is 3.09. The van der Waals surface area contributed by atoms with Gasteiger partial charge in [-0.2, -0.15) is 0 Å². The van der Waals surface area contributed by atoms with E-state index in [0.717, 1.165) is 19.4 Å². The van der Waals surface area contributed by atoms with E-state index < -0.39 is 0 Å². The highest BCUT2D eigenvalue weighted by Gasteiger charge is 2.27.